The predicted octanol–water partition coefficient (Wildman–Crippen LogP) is 2.74. The molecule has 1 aromatic rings. The van der Waals surface area contributed by atoms with Gasteiger partial charge in [0.2, 0.25) is 0 Å². The molecule has 0 atom stereocenters. The van der Waals surface area contributed by atoms with Crippen LogP contribution in [0.3, 0.4) is 0 Å². The fraction of sp³-hybridized carbons (Fsp3) is 0.571. The quantitative estimate of drug-likeness (QED) is 0.839. The Hall–Kier alpha value is -1.60. The van der Waals surface area contributed by atoms with Gasteiger partial charge in [-0.2, -0.15) is 5.26 Å². The monoisotopic (exact) mass is 247 g/mol. The van der Waals surface area contributed by atoms with Gasteiger partial charge < -0.3 is 10.1 Å². The van der Waals surface area contributed by atoms with Crippen LogP contribution in [0.2, 0.25) is 0 Å². The van der Waals surface area contributed by atoms with Crippen LogP contribution in [0.25, 0.3) is 0 Å². The van der Waals surface area contributed by atoms with Crippen molar-refractivity contribution in [2.75, 3.05) is 25.6 Å². The summed E-state index contributed by atoms with van der Waals surface area (Å²) in [6.45, 7) is 7.80. The number of rotatable bonds is 6. The molecule has 0 saturated heterocycles. The number of pyridine rings is 1. The summed E-state index contributed by atoms with van der Waals surface area (Å²) in [6.07, 6.45) is 0.980. The molecule has 0 aliphatic rings. The number of anilines is 1. The maximum atomic E-state index is 8.91. The largest absolute Gasteiger partial charge is 0.385 e. The Morgan fingerprint density at radius 1 is 1.44 bits per heavy atom. The lowest BCUT2D eigenvalue weighted by atomic mass is 9.90. The zero-order valence-electron chi connectivity index (χ0n) is 11.6. The molecule has 0 saturated carbocycles. The van der Waals surface area contributed by atoms with E-state index >= 15 is 0 Å². The van der Waals surface area contributed by atoms with E-state index in [1.165, 1.54) is 0 Å². The molecule has 0 radical (unpaired) electrons. The molecule has 0 unspecified atom stereocenters. The molecule has 0 spiro atoms. The molecule has 18 heavy (non-hydrogen) atoms. The van der Waals surface area contributed by atoms with Gasteiger partial charge >= 0.3 is 0 Å². The van der Waals surface area contributed by atoms with Crippen molar-refractivity contribution in [3.05, 3.63) is 23.4 Å². The Morgan fingerprint density at radius 3 is 2.78 bits per heavy atom. The minimum absolute atomic E-state index is 0.133. The highest BCUT2D eigenvalue weighted by atomic mass is 16.5. The van der Waals surface area contributed by atoms with Gasteiger partial charge in [-0.05, 0) is 30.9 Å². The first-order chi connectivity index (χ1) is 8.46. The Balaban J connectivity index is 2.63. The second-order valence-corrected chi connectivity index (χ2v) is 5.25. The lowest BCUT2D eigenvalue weighted by Crippen LogP contribution is -2.25. The van der Waals surface area contributed by atoms with Crippen molar-refractivity contribution < 1.29 is 4.74 Å². The van der Waals surface area contributed by atoms with Crippen LogP contribution < -0.4 is 5.32 Å². The third-order valence-corrected chi connectivity index (χ3v) is 2.81. The van der Waals surface area contributed by atoms with Crippen LogP contribution in [0.1, 0.15) is 31.5 Å². The normalized spacial score (nSPS) is 11.1. The van der Waals surface area contributed by atoms with Gasteiger partial charge in [0.15, 0.2) is 0 Å². The zero-order chi connectivity index (χ0) is 13.6. The zero-order valence-corrected chi connectivity index (χ0v) is 11.6. The molecule has 0 fully saturated rings. The number of aryl methyl sites for hydroxylation is 1. The number of nitrogens with one attached hydrogen (secondary N) is 1. The first kappa shape index (κ1) is 14.5. The van der Waals surface area contributed by atoms with Crippen molar-refractivity contribution in [2.45, 2.75) is 27.2 Å². The van der Waals surface area contributed by atoms with Crippen molar-refractivity contribution in [1.29, 1.82) is 5.26 Å². The number of nitrogens with zero attached hydrogens (tertiary/aromatic N) is 2. The van der Waals surface area contributed by atoms with E-state index < -0.39 is 0 Å². The Labute approximate surface area is 109 Å². The van der Waals surface area contributed by atoms with Gasteiger partial charge in [-0.15, -0.1) is 0 Å². The van der Waals surface area contributed by atoms with Crippen LogP contribution in [-0.2, 0) is 4.74 Å². The topological polar surface area (TPSA) is 57.9 Å². The van der Waals surface area contributed by atoms with Gasteiger partial charge in [0.1, 0.15) is 5.82 Å². The smallest absolute Gasteiger partial charge is 0.127 e. The summed E-state index contributed by atoms with van der Waals surface area (Å²) in [7, 11) is 1.71. The highest BCUT2D eigenvalue weighted by molar-refractivity contribution is 5.44. The van der Waals surface area contributed by atoms with Crippen LogP contribution in [0.15, 0.2) is 12.1 Å². The van der Waals surface area contributed by atoms with E-state index in [1.54, 1.807) is 19.2 Å². The van der Waals surface area contributed by atoms with Crippen LogP contribution in [0.5, 0.6) is 0 Å². The van der Waals surface area contributed by atoms with Crippen molar-refractivity contribution in [3.63, 3.8) is 0 Å². The van der Waals surface area contributed by atoms with Crippen molar-refractivity contribution in [3.8, 4) is 6.07 Å². The summed E-state index contributed by atoms with van der Waals surface area (Å²) in [5, 5.41) is 12.2. The Kier molecular flexibility index (Phi) is 5.11. The molecule has 4 heteroatoms. The maximum Gasteiger partial charge on any atom is 0.127 e. The first-order valence-electron chi connectivity index (χ1n) is 6.08. The van der Waals surface area contributed by atoms with Gasteiger partial charge in [0.25, 0.3) is 0 Å². The average Bonchev–Trinajstić information content (AvgIpc) is 2.33. The van der Waals surface area contributed by atoms with Crippen molar-refractivity contribution >= 4 is 5.82 Å². The lowest BCUT2D eigenvalue weighted by Gasteiger charge is -2.25. The molecule has 0 aliphatic carbocycles. The predicted molar refractivity (Wildman–Crippen MR) is 72.5 cm³/mol. The molecule has 1 heterocycles. The molecule has 1 aromatic heterocycles. The SMILES string of the molecule is COCCC(C)(C)CNc1cc(C#N)cc(C)n1. The Bertz CT molecular complexity index is 435. The summed E-state index contributed by atoms with van der Waals surface area (Å²) >= 11 is 0. The van der Waals surface area contributed by atoms with Crippen LogP contribution >= 0.6 is 0 Å². The fourth-order valence-corrected chi connectivity index (χ4v) is 1.62. The van der Waals surface area contributed by atoms with E-state index in [9.17, 15) is 0 Å². The van der Waals surface area contributed by atoms with E-state index in [0.29, 0.717) is 5.56 Å². The van der Waals surface area contributed by atoms with E-state index in [4.69, 9.17) is 10.00 Å². The number of nitriles is 1. The number of hydrogen-bond donors (Lipinski definition) is 1. The lowest BCUT2D eigenvalue weighted by molar-refractivity contribution is 0.157. The van der Waals surface area contributed by atoms with E-state index in [2.05, 4.69) is 30.2 Å². The minimum Gasteiger partial charge on any atom is -0.385 e. The highest BCUT2D eigenvalue weighted by Crippen LogP contribution is 2.21. The van der Waals surface area contributed by atoms with Gasteiger partial charge in [-0.1, -0.05) is 13.8 Å². The average molecular weight is 247 g/mol. The summed E-state index contributed by atoms with van der Waals surface area (Å²) < 4.78 is 5.10. The van der Waals surface area contributed by atoms with Gasteiger partial charge in [0, 0.05) is 26.0 Å². The molecular weight excluding hydrogens is 226 g/mol. The highest BCUT2D eigenvalue weighted by Gasteiger charge is 2.17. The van der Waals surface area contributed by atoms with Crippen molar-refractivity contribution in [2.24, 2.45) is 5.41 Å². The van der Waals surface area contributed by atoms with Gasteiger partial charge in [-0.3, -0.25) is 0 Å². The molecule has 0 aliphatic heterocycles. The second kappa shape index (κ2) is 6.36. The van der Waals surface area contributed by atoms with Crippen LogP contribution in [-0.4, -0.2) is 25.2 Å². The third-order valence-electron chi connectivity index (χ3n) is 2.81. The first-order valence-corrected chi connectivity index (χ1v) is 6.08. The number of hydrogen-bond acceptors (Lipinski definition) is 4. The molecule has 1 rings (SSSR count). The Morgan fingerprint density at radius 2 is 2.17 bits per heavy atom. The molecular formula is C14H21N3O. The molecule has 0 aromatic carbocycles. The van der Waals surface area contributed by atoms with Crippen LogP contribution in [0.4, 0.5) is 5.82 Å². The molecule has 0 bridgehead atoms. The van der Waals surface area contributed by atoms with E-state index in [-0.39, 0.29) is 5.41 Å². The summed E-state index contributed by atoms with van der Waals surface area (Å²) in [4.78, 5) is 4.37. The third kappa shape index (κ3) is 4.72. The van der Waals surface area contributed by atoms with Gasteiger partial charge in [0.05, 0.1) is 11.6 Å². The molecule has 98 valence electrons. The summed E-state index contributed by atoms with van der Waals surface area (Å²) in [6, 6.07) is 5.70. The summed E-state index contributed by atoms with van der Waals surface area (Å²) in [5.74, 6) is 0.761. The standard InChI is InChI=1S/C14H21N3O/c1-11-7-12(9-15)8-13(17-11)16-10-14(2,3)5-6-18-4/h7-8H,5-6,10H2,1-4H3,(H,16,17). The van der Waals surface area contributed by atoms with E-state index in [0.717, 1.165) is 31.1 Å². The summed E-state index contributed by atoms with van der Waals surface area (Å²) in [5.41, 5.74) is 1.62. The molecule has 1 N–H and O–H groups in total. The maximum absolute atomic E-state index is 8.91. The molecule has 4 nitrogen and oxygen atoms in total. The molecule has 0 amide bonds. The van der Waals surface area contributed by atoms with Crippen LogP contribution in [0, 0.1) is 23.7 Å². The number of ether oxygens (including phenoxy) is 1. The van der Waals surface area contributed by atoms with Crippen molar-refractivity contribution in [1.82, 2.24) is 4.98 Å². The van der Waals surface area contributed by atoms with Gasteiger partial charge in [-0.25, -0.2) is 4.98 Å². The fourth-order valence-electron chi connectivity index (χ4n) is 1.62. The second-order valence-electron chi connectivity index (χ2n) is 5.25. The number of aromatic nitrogens is 1. The van der Waals surface area contributed by atoms with E-state index in [1.807, 2.05) is 6.92 Å². The minimum atomic E-state index is 0.133. The number of methoxy groups -OCH3 is 1.